The number of halogens is 1. The van der Waals surface area contributed by atoms with Crippen molar-refractivity contribution in [2.45, 2.75) is 39.7 Å². The smallest absolute Gasteiger partial charge is 0.0591 e. The van der Waals surface area contributed by atoms with E-state index in [0.717, 1.165) is 26.2 Å². The van der Waals surface area contributed by atoms with E-state index < -0.39 is 0 Å². The van der Waals surface area contributed by atoms with Gasteiger partial charge in [0.2, 0.25) is 0 Å². The SMILES string of the molecule is CCCCOCCNC(CCl)C(C)C. The van der Waals surface area contributed by atoms with Crippen LogP contribution in [-0.4, -0.2) is 31.7 Å². The average molecular weight is 222 g/mol. The number of hydrogen-bond acceptors (Lipinski definition) is 2. The summed E-state index contributed by atoms with van der Waals surface area (Å²) in [6.07, 6.45) is 2.35. The lowest BCUT2D eigenvalue weighted by atomic mass is 10.1. The van der Waals surface area contributed by atoms with E-state index in [1.807, 2.05) is 0 Å². The van der Waals surface area contributed by atoms with Crippen molar-refractivity contribution in [2.24, 2.45) is 5.92 Å². The maximum Gasteiger partial charge on any atom is 0.0591 e. The van der Waals surface area contributed by atoms with Crippen molar-refractivity contribution in [3.63, 3.8) is 0 Å². The lowest BCUT2D eigenvalue weighted by molar-refractivity contribution is 0.130. The molecule has 0 aliphatic rings. The molecule has 0 saturated carbocycles. The van der Waals surface area contributed by atoms with Crippen LogP contribution in [0.3, 0.4) is 0 Å². The molecule has 2 nitrogen and oxygen atoms in total. The number of nitrogens with one attached hydrogen (secondary N) is 1. The van der Waals surface area contributed by atoms with Gasteiger partial charge >= 0.3 is 0 Å². The van der Waals surface area contributed by atoms with E-state index in [4.69, 9.17) is 16.3 Å². The molecule has 3 heteroatoms. The zero-order valence-electron chi connectivity index (χ0n) is 9.68. The highest BCUT2D eigenvalue weighted by atomic mass is 35.5. The quantitative estimate of drug-likeness (QED) is 0.478. The summed E-state index contributed by atoms with van der Waals surface area (Å²) in [7, 11) is 0. The molecule has 0 saturated heterocycles. The Bertz CT molecular complexity index is 120. The highest BCUT2D eigenvalue weighted by molar-refractivity contribution is 6.18. The Balaban J connectivity index is 3.25. The Morgan fingerprint density at radius 3 is 2.50 bits per heavy atom. The van der Waals surface area contributed by atoms with Gasteiger partial charge in [-0.25, -0.2) is 0 Å². The van der Waals surface area contributed by atoms with Gasteiger partial charge in [0.1, 0.15) is 0 Å². The standard InChI is InChI=1S/C11H24ClNO/c1-4-5-7-14-8-6-13-11(9-12)10(2)3/h10-11,13H,4-9H2,1-3H3. The van der Waals surface area contributed by atoms with Crippen LogP contribution in [-0.2, 0) is 4.74 Å². The molecule has 0 aromatic carbocycles. The first-order valence-corrected chi connectivity index (χ1v) is 6.12. The van der Waals surface area contributed by atoms with Crippen molar-refractivity contribution >= 4 is 11.6 Å². The topological polar surface area (TPSA) is 21.3 Å². The Hall–Kier alpha value is 0.210. The summed E-state index contributed by atoms with van der Waals surface area (Å²) in [4.78, 5) is 0. The van der Waals surface area contributed by atoms with Crippen molar-refractivity contribution in [2.75, 3.05) is 25.6 Å². The van der Waals surface area contributed by atoms with E-state index in [1.54, 1.807) is 0 Å². The van der Waals surface area contributed by atoms with Crippen LogP contribution in [0.25, 0.3) is 0 Å². The number of unbranched alkanes of at least 4 members (excludes halogenated alkanes) is 1. The predicted molar refractivity (Wildman–Crippen MR) is 63.1 cm³/mol. The molecule has 0 aromatic heterocycles. The third kappa shape index (κ3) is 7.60. The summed E-state index contributed by atoms with van der Waals surface area (Å²) in [6, 6.07) is 0.409. The fourth-order valence-corrected chi connectivity index (χ4v) is 1.60. The summed E-state index contributed by atoms with van der Waals surface area (Å²) in [5.41, 5.74) is 0. The Kier molecular flexibility index (Phi) is 9.90. The molecule has 1 unspecified atom stereocenters. The molecule has 86 valence electrons. The summed E-state index contributed by atoms with van der Waals surface area (Å²) >= 11 is 5.82. The molecule has 1 N–H and O–H groups in total. The normalized spacial score (nSPS) is 13.5. The highest BCUT2D eigenvalue weighted by Gasteiger charge is 2.09. The Morgan fingerprint density at radius 2 is 2.00 bits per heavy atom. The molecule has 1 atom stereocenters. The fourth-order valence-electron chi connectivity index (χ4n) is 1.13. The van der Waals surface area contributed by atoms with Gasteiger partial charge in [0.15, 0.2) is 0 Å². The van der Waals surface area contributed by atoms with Crippen LogP contribution in [0.15, 0.2) is 0 Å². The van der Waals surface area contributed by atoms with Crippen molar-refractivity contribution in [3.8, 4) is 0 Å². The van der Waals surface area contributed by atoms with E-state index in [-0.39, 0.29) is 0 Å². The van der Waals surface area contributed by atoms with E-state index in [2.05, 4.69) is 26.1 Å². The van der Waals surface area contributed by atoms with Gasteiger partial charge in [-0.3, -0.25) is 0 Å². The Morgan fingerprint density at radius 1 is 1.29 bits per heavy atom. The second kappa shape index (κ2) is 9.75. The largest absolute Gasteiger partial charge is 0.380 e. The first-order valence-electron chi connectivity index (χ1n) is 5.59. The first-order chi connectivity index (χ1) is 6.72. The summed E-state index contributed by atoms with van der Waals surface area (Å²) in [5.74, 6) is 1.26. The van der Waals surface area contributed by atoms with Crippen LogP contribution in [0.1, 0.15) is 33.6 Å². The molecule has 0 radical (unpaired) electrons. The molecule has 0 spiro atoms. The van der Waals surface area contributed by atoms with Crippen LogP contribution in [0.2, 0.25) is 0 Å². The van der Waals surface area contributed by atoms with Gasteiger partial charge in [-0.05, 0) is 12.3 Å². The molecule has 14 heavy (non-hydrogen) atoms. The van der Waals surface area contributed by atoms with Gasteiger partial charge < -0.3 is 10.1 Å². The minimum absolute atomic E-state index is 0.409. The van der Waals surface area contributed by atoms with Gasteiger partial charge in [0, 0.05) is 25.1 Å². The lowest BCUT2D eigenvalue weighted by Crippen LogP contribution is -2.37. The first kappa shape index (κ1) is 14.2. The monoisotopic (exact) mass is 221 g/mol. The third-order valence-electron chi connectivity index (χ3n) is 2.27. The predicted octanol–water partition coefficient (Wildman–Crippen LogP) is 2.66. The van der Waals surface area contributed by atoms with E-state index in [9.17, 15) is 0 Å². The van der Waals surface area contributed by atoms with Crippen LogP contribution < -0.4 is 5.32 Å². The molecule has 0 fully saturated rings. The molecule has 0 heterocycles. The number of alkyl halides is 1. The number of hydrogen-bond donors (Lipinski definition) is 1. The van der Waals surface area contributed by atoms with Gasteiger partial charge in [-0.2, -0.15) is 0 Å². The Labute approximate surface area is 93.4 Å². The summed E-state index contributed by atoms with van der Waals surface area (Å²) in [5, 5.41) is 3.39. The minimum Gasteiger partial charge on any atom is -0.380 e. The third-order valence-corrected chi connectivity index (χ3v) is 2.60. The van der Waals surface area contributed by atoms with Crippen LogP contribution >= 0.6 is 11.6 Å². The molecular formula is C11H24ClNO. The van der Waals surface area contributed by atoms with Crippen LogP contribution in [0.5, 0.6) is 0 Å². The van der Waals surface area contributed by atoms with Gasteiger partial charge in [0.25, 0.3) is 0 Å². The van der Waals surface area contributed by atoms with E-state index in [1.165, 1.54) is 6.42 Å². The maximum atomic E-state index is 5.82. The molecular weight excluding hydrogens is 198 g/mol. The molecule has 0 aromatic rings. The van der Waals surface area contributed by atoms with Crippen LogP contribution in [0, 0.1) is 5.92 Å². The highest BCUT2D eigenvalue weighted by Crippen LogP contribution is 2.02. The van der Waals surface area contributed by atoms with Crippen LogP contribution in [0.4, 0.5) is 0 Å². The van der Waals surface area contributed by atoms with Gasteiger partial charge in [-0.1, -0.05) is 27.2 Å². The zero-order valence-corrected chi connectivity index (χ0v) is 10.4. The molecule has 0 aliphatic heterocycles. The maximum absolute atomic E-state index is 5.82. The van der Waals surface area contributed by atoms with Gasteiger partial charge in [0.05, 0.1) is 6.61 Å². The zero-order chi connectivity index (χ0) is 10.8. The summed E-state index contributed by atoms with van der Waals surface area (Å²) in [6.45, 7) is 9.10. The van der Waals surface area contributed by atoms with E-state index >= 15 is 0 Å². The van der Waals surface area contributed by atoms with Crippen molar-refractivity contribution in [1.82, 2.24) is 5.32 Å². The second-order valence-corrected chi connectivity index (χ2v) is 4.23. The molecule has 0 aliphatic carbocycles. The van der Waals surface area contributed by atoms with Crippen molar-refractivity contribution in [3.05, 3.63) is 0 Å². The minimum atomic E-state index is 0.409. The molecule has 0 amide bonds. The van der Waals surface area contributed by atoms with Crippen molar-refractivity contribution in [1.29, 1.82) is 0 Å². The van der Waals surface area contributed by atoms with E-state index in [0.29, 0.717) is 17.8 Å². The number of ether oxygens (including phenoxy) is 1. The molecule has 0 bridgehead atoms. The lowest BCUT2D eigenvalue weighted by Gasteiger charge is -2.19. The number of rotatable bonds is 9. The molecule has 0 rings (SSSR count). The summed E-state index contributed by atoms with van der Waals surface area (Å²) < 4.78 is 5.44. The average Bonchev–Trinajstić information content (AvgIpc) is 2.16. The van der Waals surface area contributed by atoms with Crippen molar-refractivity contribution < 1.29 is 4.74 Å². The second-order valence-electron chi connectivity index (χ2n) is 3.92. The van der Waals surface area contributed by atoms with Gasteiger partial charge in [-0.15, -0.1) is 11.6 Å². The fraction of sp³-hybridized carbons (Fsp3) is 1.00.